The van der Waals surface area contributed by atoms with Gasteiger partial charge in [0, 0.05) is 31.8 Å². The van der Waals surface area contributed by atoms with E-state index in [1.807, 2.05) is 25.8 Å². The quantitative estimate of drug-likeness (QED) is 0.905. The van der Waals surface area contributed by atoms with Gasteiger partial charge in [-0.1, -0.05) is 0 Å². The summed E-state index contributed by atoms with van der Waals surface area (Å²) in [6.07, 6.45) is 6.29. The molecule has 0 saturated carbocycles. The summed E-state index contributed by atoms with van der Waals surface area (Å²) in [5.74, 6) is 0.0961. The number of amides is 1. The Balaban J connectivity index is 1.65. The maximum Gasteiger partial charge on any atom is 0.265 e. The average Bonchev–Trinajstić information content (AvgIpc) is 3.13. The second-order valence-electron chi connectivity index (χ2n) is 6.34. The number of fused-ring (bicyclic) bond motifs is 2. The Kier molecular flexibility index (Phi) is 4.80. The molecule has 0 radical (unpaired) electrons. The molecule has 3 heterocycles. The molecule has 5 nitrogen and oxygen atoms in total. The van der Waals surface area contributed by atoms with Crippen molar-refractivity contribution in [1.82, 2.24) is 15.2 Å². The number of rotatable bonds is 5. The largest absolute Gasteiger partial charge is 0.372 e. The fourth-order valence-electron chi connectivity index (χ4n) is 3.58. The van der Waals surface area contributed by atoms with Gasteiger partial charge in [0.05, 0.1) is 6.20 Å². The second kappa shape index (κ2) is 6.64. The Hall–Kier alpha value is -0.980. The molecule has 3 atom stereocenters. The molecule has 3 rings (SSSR count). The number of nitrogens with one attached hydrogen (secondary N) is 1. The Morgan fingerprint density at radius 3 is 2.82 bits per heavy atom. The third kappa shape index (κ3) is 3.19. The zero-order valence-electron chi connectivity index (χ0n) is 13.5. The fraction of sp³-hybridized carbons (Fsp3) is 0.750. The number of piperidine rings is 1. The van der Waals surface area contributed by atoms with Crippen LogP contribution in [-0.4, -0.2) is 47.6 Å². The smallest absolute Gasteiger partial charge is 0.265 e. The van der Waals surface area contributed by atoms with Gasteiger partial charge >= 0.3 is 0 Å². The lowest BCUT2D eigenvalue weighted by atomic mass is 9.98. The van der Waals surface area contributed by atoms with E-state index in [1.165, 1.54) is 24.2 Å². The minimum absolute atomic E-state index is 0.0448. The normalized spacial score (nSPS) is 28.6. The fourth-order valence-corrected chi connectivity index (χ4v) is 4.48. The highest BCUT2D eigenvalue weighted by Gasteiger charge is 2.36. The lowest BCUT2D eigenvalue weighted by Crippen LogP contribution is -2.48. The lowest BCUT2D eigenvalue weighted by molar-refractivity contribution is 0.0686. The van der Waals surface area contributed by atoms with E-state index < -0.39 is 0 Å². The van der Waals surface area contributed by atoms with E-state index in [0.717, 1.165) is 22.7 Å². The van der Waals surface area contributed by atoms with Gasteiger partial charge in [0.25, 0.3) is 5.91 Å². The summed E-state index contributed by atoms with van der Waals surface area (Å²) < 4.78 is 5.55. The van der Waals surface area contributed by atoms with Crippen molar-refractivity contribution >= 4 is 17.2 Å². The molecule has 2 bridgehead atoms. The zero-order valence-corrected chi connectivity index (χ0v) is 14.4. The highest BCUT2D eigenvalue weighted by molar-refractivity contribution is 7.13. The number of carbonyl (C=O) groups is 1. The number of carbonyl (C=O) groups excluding carboxylic acids is 1. The summed E-state index contributed by atoms with van der Waals surface area (Å²) in [7, 11) is 1.93. The van der Waals surface area contributed by atoms with E-state index in [1.54, 1.807) is 6.20 Å². The predicted molar refractivity (Wildman–Crippen MR) is 87.2 cm³/mol. The van der Waals surface area contributed by atoms with E-state index in [9.17, 15) is 4.79 Å². The maximum absolute atomic E-state index is 12.7. The van der Waals surface area contributed by atoms with Gasteiger partial charge in [0.15, 0.2) is 0 Å². The number of hydrogen-bond donors (Lipinski definition) is 1. The van der Waals surface area contributed by atoms with Gasteiger partial charge in [-0.25, -0.2) is 4.98 Å². The number of ether oxygens (including phenoxy) is 1. The van der Waals surface area contributed by atoms with Gasteiger partial charge in [-0.15, -0.1) is 11.3 Å². The van der Waals surface area contributed by atoms with Crippen molar-refractivity contribution in [3.05, 3.63) is 16.1 Å². The molecule has 2 fully saturated rings. The molecule has 1 aromatic rings. The van der Waals surface area contributed by atoms with Crippen LogP contribution in [-0.2, 0) is 4.74 Å². The van der Waals surface area contributed by atoms with Crippen LogP contribution in [0.3, 0.4) is 0 Å². The molecule has 0 spiro atoms. The highest BCUT2D eigenvalue weighted by atomic mass is 32.1. The van der Waals surface area contributed by atoms with Crippen molar-refractivity contribution in [2.75, 3.05) is 13.7 Å². The number of thiazole rings is 1. The Labute approximate surface area is 136 Å². The molecular weight excluding hydrogens is 298 g/mol. The molecular formula is C16H25N3O2S. The Morgan fingerprint density at radius 2 is 2.18 bits per heavy atom. The summed E-state index contributed by atoms with van der Waals surface area (Å²) in [5, 5.41) is 4.50. The molecule has 1 amide bonds. The molecule has 1 N–H and O–H groups in total. The Morgan fingerprint density at radius 1 is 1.50 bits per heavy atom. The topological polar surface area (TPSA) is 54.5 Å². The van der Waals surface area contributed by atoms with Crippen molar-refractivity contribution in [3.63, 3.8) is 0 Å². The molecule has 22 heavy (non-hydrogen) atoms. The molecule has 6 heteroatoms. The van der Waals surface area contributed by atoms with Crippen LogP contribution in [0.4, 0.5) is 0 Å². The number of aromatic nitrogens is 1. The van der Waals surface area contributed by atoms with E-state index in [4.69, 9.17) is 4.74 Å². The lowest BCUT2D eigenvalue weighted by Gasteiger charge is -2.35. The highest BCUT2D eigenvalue weighted by Crippen LogP contribution is 2.31. The van der Waals surface area contributed by atoms with Crippen LogP contribution in [0.25, 0.3) is 0 Å². The molecule has 0 aromatic carbocycles. The summed E-state index contributed by atoms with van der Waals surface area (Å²) >= 11 is 1.46. The van der Waals surface area contributed by atoms with Gasteiger partial charge in [0.1, 0.15) is 16.0 Å². The summed E-state index contributed by atoms with van der Waals surface area (Å²) in [6.45, 7) is 4.60. The average molecular weight is 323 g/mol. The van der Waals surface area contributed by atoms with Crippen molar-refractivity contribution in [3.8, 4) is 0 Å². The van der Waals surface area contributed by atoms with Crippen molar-refractivity contribution < 1.29 is 9.53 Å². The van der Waals surface area contributed by atoms with Gasteiger partial charge in [-0.05, 0) is 39.5 Å². The summed E-state index contributed by atoms with van der Waals surface area (Å²) in [6, 6.07) is 1.53. The standard InChI is InChI=1S/C16H25N3O2S/c1-4-21-10(2)15-17-9-14(22-15)16(20)19(3)13-7-11-5-6-12(8-13)18-11/h9-13,18H,4-8H2,1-3H3. The minimum Gasteiger partial charge on any atom is -0.372 e. The van der Waals surface area contributed by atoms with Crippen LogP contribution in [0.1, 0.15) is 60.3 Å². The van der Waals surface area contributed by atoms with Crippen LogP contribution < -0.4 is 5.32 Å². The third-order valence-corrected chi connectivity index (χ3v) is 5.96. The van der Waals surface area contributed by atoms with Gasteiger partial charge in [-0.2, -0.15) is 0 Å². The first kappa shape index (κ1) is 15.9. The van der Waals surface area contributed by atoms with Crippen LogP contribution in [0, 0.1) is 0 Å². The van der Waals surface area contributed by atoms with E-state index in [0.29, 0.717) is 24.7 Å². The summed E-state index contributed by atoms with van der Waals surface area (Å²) in [5.41, 5.74) is 0. The van der Waals surface area contributed by atoms with Crippen LogP contribution >= 0.6 is 11.3 Å². The van der Waals surface area contributed by atoms with Crippen LogP contribution in [0.5, 0.6) is 0 Å². The van der Waals surface area contributed by atoms with Crippen LogP contribution in [0.2, 0.25) is 0 Å². The number of nitrogens with zero attached hydrogens (tertiary/aromatic N) is 2. The van der Waals surface area contributed by atoms with Crippen molar-refractivity contribution in [2.24, 2.45) is 0 Å². The number of hydrogen-bond acceptors (Lipinski definition) is 5. The van der Waals surface area contributed by atoms with Crippen molar-refractivity contribution in [2.45, 2.75) is 63.8 Å². The van der Waals surface area contributed by atoms with Gasteiger partial charge < -0.3 is 15.0 Å². The van der Waals surface area contributed by atoms with E-state index >= 15 is 0 Å². The third-order valence-electron chi connectivity index (χ3n) is 4.82. The first-order valence-electron chi connectivity index (χ1n) is 8.19. The molecule has 3 unspecified atom stereocenters. The minimum atomic E-state index is -0.0448. The molecule has 2 saturated heterocycles. The second-order valence-corrected chi connectivity index (χ2v) is 7.40. The SMILES string of the molecule is CCOC(C)c1ncc(C(=O)N(C)C2CC3CCC(C2)N3)s1. The monoisotopic (exact) mass is 323 g/mol. The van der Waals surface area contributed by atoms with E-state index in [-0.39, 0.29) is 12.0 Å². The molecule has 1 aromatic heterocycles. The molecule has 122 valence electrons. The van der Waals surface area contributed by atoms with Gasteiger partial charge in [0.2, 0.25) is 0 Å². The van der Waals surface area contributed by atoms with Crippen molar-refractivity contribution in [1.29, 1.82) is 0 Å². The molecule has 2 aliphatic rings. The predicted octanol–water partition coefficient (Wildman–Crippen LogP) is 2.60. The molecule has 0 aliphatic carbocycles. The Bertz CT molecular complexity index is 521. The first-order valence-corrected chi connectivity index (χ1v) is 9.00. The first-order chi connectivity index (χ1) is 10.6. The van der Waals surface area contributed by atoms with Crippen LogP contribution in [0.15, 0.2) is 6.20 Å². The molecule has 2 aliphatic heterocycles. The summed E-state index contributed by atoms with van der Waals surface area (Å²) in [4.78, 5) is 19.7. The van der Waals surface area contributed by atoms with Gasteiger partial charge in [-0.3, -0.25) is 4.79 Å². The zero-order chi connectivity index (χ0) is 15.7. The maximum atomic E-state index is 12.7. The van der Waals surface area contributed by atoms with E-state index in [2.05, 4.69) is 10.3 Å².